The number of ketones is 1. The highest BCUT2D eigenvalue weighted by Gasteiger charge is 2.70. The minimum Gasteiger partial charge on any atom is -0.394 e. The number of alkyl halides is 2. The second-order valence-corrected chi connectivity index (χ2v) is 5.36. The number of hydrogen-bond acceptors (Lipinski definition) is 4. The molecule has 0 aromatic rings. The maximum atomic E-state index is 14.0. The minimum absolute atomic E-state index is 0.0233. The maximum absolute atomic E-state index is 14.0. The number of piperidine rings is 3. The Labute approximate surface area is 105 Å². The van der Waals surface area contributed by atoms with Gasteiger partial charge in [-0.25, -0.2) is 8.78 Å². The molecule has 0 radical (unpaired) electrons. The van der Waals surface area contributed by atoms with Crippen LogP contribution in [0.1, 0.15) is 20.3 Å². The van der Waals surface area contributed by atoms with Gasteiger partial charge in [0.25, 0.3) is 5.92 Å². The third-order valence-corrected chi connectivity index (χ3v) is 4.41. The van der Waals surface area contributed by atoms with Gasteiger partial charge in [0.1, 0.15) is 5.54 Å². The second kappa shape index (κ2) is 4.21. The molecular weight excluding hydrogens is 244 g/mol. The second-order valence-electron chi connectivity index (χ2n) is 5.36. The number of hydrogen-bond donors (Lipinski definition) is 1. The number of aliphatic hydroxyl groups is 1. The molecule has 3 aliphatic rings. The van der Waals surface area contributed by atoms with Crippen molar-refractivity contribution in [3.05, 3.63) is 0 Å². The van der Waals surface area contributed by atoms with Crippen molar-refractivity contribution in [3.63, 3.8) is 0 Å². The van der Waals surface area contributed by atoms with Gasteiger partial charge in [0.15, 0.2) is 5.78 Å². The summed E-state index contributed by atoms with van der Waals surface area (Å²) in [5, 5.41) is 9.56. The molecule has 0 spiro atoms. The number of nitrogens with zero attached hydrogens (tertiary/aromatic N) is 1. The van der Waals surface area contributed by atoms with Crippen LogP contribution >= 0.6 is 0 Å². The fourth-order valence-electron chi connectivity index (χ4n) is 2.98. The molecule has 0 aliphatic carbocycles. The number of carbonyl (C=O) groups excluding carboxylic acids is 1. The summed E-state index contributed by atoms with van der Waals surface area (Å²) in [4.78, 5) is 13.8. The van der Waals surface area contributed by atoms with Gasteiger partial charge < -0.3 is 9.84 Å². The minimum atomic E-state index is -3.03. The van der Waals surface area contributed by atoms with Crippen LogP contribution in [0.4, 0.5) is 8.78 Å². The van der Waals surface area contributed by atoms with Crippen LogP contribution in [0.3, 0.4) is 0 Å². The number of Topliss-reactive ketones (excluding diaryl/α,β-unsaturated/α-hetero) is 1. The summed E-state index contributed by atoms with van der Waals surface area (Å²) in [7, 11) is 0. The van der Waals surface area contributed by atoms with Crippen LogP contribution in [0.15, 0.2) is 0 Å². The Morgan fingerprint density at radius 2 is 2.17 bits per heavy atom. The molecule has 0 aromatic heterocycles. The summed E-state index contributed by atoms with van der Waals surface area (Å²) in [6, 6.07) is 0. The van der Waals surface area contributed by atoms with Crippen molar-refractivity contribution < 1.29 is 23.4 Å². The molecule has 0 amide bonds. The average Bonchev–Trinajstić information content (AvgIpc) is 2.32. The highest BCUT2D eigenvalue weighted by molar-refractivity contribution is 5.96. The molecule has 3 atom stereocenters. The van der Waals surface area contributed by atoms with E-state index in [9.17, 15) is 18.7 Å². The van der Waals surface area contributed by atoms with Crippen molar-refractivity contribution in [2.75, 3.05) is 32.9 Å². The average molecular weight is 263 g/mol. The van der Waals surface area contributed by atoms with Crippen molar-refractivity contribution in [2.24, 2.45) is 5.41 Å². The van der Waals surface area contributed by atoms with Gasteiger partial charge in [-0.3, -0.25) is 9.69 Å². The van der Waals surface area contributed by atoms with Crippen LogP contribution < -0.4 is 0 Å². The van der Waals surface area contributed by atoms with Crippen LogP contribution in [-0.4, -0.2) is 60.2 Å². The fourth-order valence-corrected chi connectivity index (χ4v) is 2.98. The molecule has 3 aliphatic heterocycles. The monoisotopic (exact) mass is 263 g/mol. The van der Waals surface area contributed by atoms with Crippen molar-refractivity contribution in [3.8, 4) is 0 Å². The summed E-state index contributed by atoms with van der Waals surface area (Å²) < 4.78 is 33.1. The van der Waals surface area contributed by atoms with E-state index < -0.39 is 35.8 Å². The van der Waals surface area contributed by atoms with Crippen LogP contribution in [-0.2, 0) is 9.53 Å². The molecule has 3 heterocycles. The summed E-state index contributed by atoms with van der Waals surface area (Å²) >= 11 is 0. The van der Waals surface area contributed by atoms with E-state index in [1.165, 1.54) is 11.8 Å². The van der Waals surface area contributed by atoms with Gasteiger partial charge in [0.05, 0.1) is 25.2 Å². The molecular formula is C12H19F2NO3. The van der Waals surface area contributed by atoms with E-state index in [2.05, 4.69) is 0 Å². The third-order valence-electron chi connectivity index (χ3n) is 4.41. The van der Waals surface area contributed by atoms with E-state index in [-0.39, 0.29) is 13.0 Å². The SMILES string of the molecule is CCOC[C@@]1(CO)C(=O)[C@@]2(C)CCN1CC2(F)F. The topological polar surface area (TPSA) is 49.8 Å². The number of halogens is 2. The van der Waals surface area contributed by atoms with Crippen molar-refractivity contribution in [1.29, 1.82) is 0 Å². The lowest BCUT2D eigenvalue weighted by Gasteiger charge is -2.59. The number of aliphatic hydroxyl groups excluding tert-OH is 1. The number of rotatable bonds is 4. The smallest absolute Gasteiger partial charge is 0.272 e. The molecule has 3 fully saturated rings. The largest absolute Gasteiger partial charge is 0.394 e. The van der Waals surface area contributed by atoms with Crippen molar-refractivity contribution >= 4 is 5.78 Å². The Hall–Kier alpha value is -0.590. The zero-order valence-electron chi connectivity index (χ0n) is 10.7. The summed E-state index contributed by atoms with van der Waals surface area (Å²) in [6.07, 6.45) is 0.132. The van der Waals surface area contributed by atoms with Crippen molar-refractivity contribution in [2.45, 2.75) is 31.7 Å². The van der Waals surface area contributed by atoms with Gasteiger partial charge in [-0.1, -0.05) is 0 Å². The first-order valence-electron chi connectivity index (χ1n) is 6.20. The molecule has 1 N–H and O–H groups in total. The van der Waals surface area contributed by atoms with Gasteiger partial charge in [-0.05, 0) is 20.3 Å². The Morgan fingerprint density at radius 3 is 2.67 bits per heavy atom. The Bertz CT molecular complexity index is 363. The van der Waals surface area contributed by atoms with Gasteiger partial charge in [-0.2, -0.15) is 0 Å². The Kier molecular flexibility index (Phi) is 3.24. The summed E-state index contributed by atoms with van der Waals surface area (Å²) in [5.74, 6) is -3.62. The molecule has 18 heavy (non-hydrogen) atoms. The maximum Gasteiger partial charge on any atom is 0.272 e. The molecule has 6 heteroatoms. The number of ether oxygens (including phenoxy) is 1. The predicted molar refractivity (Wildman–Crippen MR) is 60.6 cm³/mol. The van der Waals surface area contributed by atoms with E-state index in [4.69, 9.17) is 4.74 Å². The summed E-state index contributed by atoms with van der Waals surface area (Å²) in [6.45, 7) is 2.87. The highest BCUT2D eigenvalue weighted by atomic mass is 19.3. The van der Waals surface area contributed by atoms with Crippen molar-refractivity contribution in [1.82, 2.24) is 4.90 Å². The van der Waals surface area contributed by atoms with Crippen LogP contribution in [0.5, 0.6) is 0 Å². The zero-order chi connectivity index (χ0) is 13.6. The first-order chi connectivity index (χ1) is 8.34. The van der Waals surface area contributed by atoms with Gasteiger partial charge in [0, 0.05) is 13.2 Å². The van der Waals surface area contributed by atoms with E-state index in [0.29, 0.717) is 13.2 Å². The molecule has 3 rings (SSSR count). The van der Waals surface area contributed by atoms with Gasteiger partial charge >= 0.3 is 0 Å². The highest BCUT2D eigenvalue weighted by Crippen LogP contribution is 2.53. The van der Waals surface area contributed by atoms with E-state index >= 15 is 0 Å². The standard InChI is InChI=1S/C12H19F2NO3/c1-3-18-8-11(7-16)9(17)10(2)4-5-15(11)6-12(10,13)14/h16H,3-8H2,1-2H3/t10-,11+/m1/s1. The van der Waals surface area contributed by atoms with Gasteiger partial charge in [-0.15, -0.1) is 0 Å². The first kappa shape index (κ1) is 13.8. The molecule has 1 unspecified atom stereocenters. The Balaban J connectivity index is 2.38. The van der Waals surface area contributed by atoms with Crippen LogP contribution in [0, 0.1) is 5.41 Å². The molecule has 104 valence electrons. The molecule has 3 saturated heterocycles. The fraction of sp³-hybridized carbons (Fsp3) is 0.917. The predicted octanol–water partition coefficient (Wildman–Crippen LogP) is 0.684. The molecule has 0 aromatic carbocycles. The summed E-state index contributed by atoms with van der Waals surface area (Å²) in [5.41, 5.74) is -2.97. The molecule has 4 nitrogen and oxygen atoms in total. The number of carbonyl (C=O) groups is 1. The van der Waals surface area contributed by atoms with E-state index in [1.807, 2.05) is 0 Å². The van der Waals surface area contributed by atoms with Crippen LogP contribution in [0.2, 0.25) is 0 Å². The normalized spacial score (nSPS) is 42.3. The quantitative estimate of drug-likeness (QED) is 0.810. The lowest BCUT2D eigenvalue weighted by atomic mass is 9.62. The third kappa shape index (κ3) is 1.55. The Morgan fingerprint density at radius 1 is 1.50 bits per heavy atom. The number of fused-ring (bicyclic) bond motifs is 3. The van der Waals surface area contributed by atoms with Crippen LogP contribution in [0.25, 0.3) is 0 Å². The molecule has 0 saturated carbocycles. The lowest BCUT2D eigenvalue weighted by molar-refractivity contribution is -0.232. The zero-order valence-corrected chi connectivity index (χ0v) is 10.7. The lowest BCUT2D eigenvalue weighted by Crippen LogP contribution is -2.78. The first-order valence-corrected chi connectivity index (χ1v) is 6.20. The molecule has 2 bridgehead atoms. The van der Waals surface area contributed by atoms with E-state index in [0.717, 1.165) is 0 Å². The van der Waals surface area contributed by atoms with Gasteiger partial charge in [0.2, 0.25) is 0 Å². The van der Waals surface area contributed by atoms with E-state index in [1.54, 1.807) is 6.92 Å².